The van der Waals surface area contributed by atoms with E-state index >= 15 is 0 Å². The van der Waals surface area contributed by atoms with E-state index in [0.29, 0.717) is 34.1 Å². The monoisotopic (exact) mass is 461 g/mol. The van der Waals surface area contributed by atoms with Gasteiger partial charge in [0.05, 0.1) is 17.5 Å². The summed E-state index contributed by atoms with van der Waals surface area (Å²) in [5.41, 5.74) is 12.0. The summed E-state index contributed by atoms with van der Waals surface area (Å²) in [6.45, 7) is 0. The summed E-state index contributed by atoms with van der Waals surface area (Å²) in [4.78, 5) is 13.7. The van der Waals surface area contributed by atoms with Crippen LogP contribution < -0.4 is 5.73 Å². The number of aromatic nitrogens is 6. The van der Waals surface area contributed by atoms with Gasteiger partial charge >= 0.3 is 6.30 Å². The Morgan fingerprint density at radius 3 is 2.62 bits per heavy atom. The highest BCUT2D eigenvalue weighted by Crippen LogP contribution is 2.34. The van der Waals surface area contributed by atoms with Gasteiger partial charge in [-0.2, -0.15) is 9.78 Å². The molecule has 34 heavy (non-hydrogen) atoms. The first-order valence-corrected chi connectivity index (χ1v) is 10.7. The Balaban J connectivity index is 1.58. The lowest BCUT2D eigenvalue weighted by Crippen LogP contribution is -2.16. The zero-order valence-corrected chi connectivity index (χ0v) is 17.8. The molecule has 170 valence electrons. The maximum atomic E-state index is 13.0. The molecule has 4 heterocycles. The van der Waals surface area contributed by atoms with Crippen molar-refractivity contribution in [1.82, 2.24) is 29.3 Å². The average molecular weight is 461 g/mol. The second-order valence-corrected chi connectivity index (χ2v) is 8.19. The van der Waals surface area contributed by atoms with E-state index < -0.39 is 6.30 Å². The molecule has 0 saturated heterocycles. The molecule has 0 atom stereocenters. The molecule has 10 heteroatoms. The summed E-state index contributed by atoms with van der Waals surface area (Å²) in [5, 5.41) is 3.43. The molecule has 2 N–H and O–H groups in total. The minimum Gasteiger partial charge on any atom is -0.383 e. The Labute approximate surface area is 191 Å². The van der Waals surface area contributed by atoms with Gasteiger partial charge in [-0.1, -0.05) is 6.07 Å². The number of halogens is 3. The van der Waals surface area contributed by atoms with Crippen molar-refractivity contribution < 1.29 is 13.2 Å². The first kappa shape index (κ1) is 20.4. The van der Waals surface area contributed by atoms with Crippen LogP contribution in [-0.4, -0.2) is 29.3 Å². The van der Waals surface area contributed by atoms with E-state index in [9.17, 15) is 13.2 Å². The molecule has 6 rings (SSSR count). The second kappa shape index (κ2) is 7.41. The van der Waals surface area contributed by atoms with Crippen LogP contribution in [0.4, 0.5) is 19.0 Å². The van der Waals surface area contributed by atoms with Crippen molar-refractivity contribution in [2.75, 3.05) is 5.73 Å². The molecular formula is C24H18F3N7. The van der Waals surface area contributed by atoms with Crippen LogP contribution in [0.1, 0.15) is 17.5 Å². The van der Waals surface area contributed by atoms with Crippen molar-refractivity contribution in [2.45, 2.75) is 25.6 Å². The third-order valence-electron chi connectivity index (χ3n) is 6.06. The van der Waals surface area contributed by atoms with Crippen LogP contribution in [0.3, 0.4) is 0 Å². The Hall–Kier alpha value is -4.21. The summed E-state index contributed by atoms with van der Waals surface area (Å²) in [6.07, 6.45) is 2.23. The number of nitrogen functional groups attached to an aromatic ring is 1. The van der Waals surface area contributed by atoms with Crippen molar-refractivity contribution in [3.63, 3.8) is 0 Å². The molecule has 1 aromatic carbocycles. The van der Waals surface area contributed by atoms with E-state index in [2.05, 4.69) is 22.2 Å². The molecule has 5 aromatic rings. The van der Waals surface area contributed by atoms with Crippen molar-refractivity contribution in [3.05, 3.63) is 72.2 Å². The first-order valence-electron chi connectivity index (χ1n) is 10.7. The number of alkyl halides is 3. The lowest BCUT2D eigenvalue weighted by Gasteiger charge is -2.12. The average Bonchev–Trinajstić information content (AvgIpc) is 3.55. The predicted molar refractivity (Wildman–Crippen MR) is 121 cm³/mol. The van der Waals surface area contributed by atoms with Crippen LogP contribution in [0.25, 0.3) is 39.5 Å². The summed E-state index contributed by atoms with van der Waals surface area (Å²) in [7, 11) is 0. The molecule has 0 radical (unpaired) electrons. The number of fused-ring (bicyclic) bond motifs is 2. The molecular weight excluding hydrogens is 443 g/mol. The molecule has 0 saturated carbocycles. The van der Waals surface area contributed by atoms with E-state index in [4.69, 9.17) is 15.7 Å². The van der Waals surface area contributed by atoms with Crippen LogP contribution in [-0.2, 0) is 19.1 Å². The minimum atomic E-state index is -4.60. The molecule has 0 unspecified atom stereocenters. The molecule has 0 fully saturated rings. The predicted octanol–water partition coefficient (Wildman–Crippen LogP) is 4.89. The quantitative estimate of drug-likeness (QED) is 0.413. The Morgan fingerprint density at radius 1 is 0.971 bits per heavy atom. The lowest BCUT2D eigenvalue weighted by molar-refractivity contribution is -0.212. The molecule has 1 aliphatic carbocycles. The van der Waals surface area contributed by atoms with Crippen LogP contribution in [0, 0.1) is 0 Å². The van der Waals surface area contributed by atoms with Gasteiger partial charge in [-0.05, 0) is 66.8 Å². The smallest absolute Gasteiger partial charge is 0.383 e. The molecule has 0 amide bonds. The Kier molecular flexibility index (Phi) is 4.44. The van der Waals surface area contributed by atoms with Crippen LogP contribution >= 0.6 is 0 Å². The zero-order valence-electron chi connectivity index (χ0n) is 17.8. The van der Waals surface area contributed by atoms with Crippen molar-refractivity contribution >= 4 is 17.0 Å². The molecule has 4 aromatic heterocycles. The normalized spacial score (nSPS) is 13.5. The van der Waals surface area contributed by atoms with E-state index in [0.717, 1.165) is 37.3 Å². The third kappa shape index (κ3) is 3.30. The fourth-order valence-corrected chi connectivity index (χ4v) is 4.44. The maximum Gasteiger partial charge on any atom is 0.504 e. The number of hydrogen-bond donors (Lipinski definition) is 1. The highest BCUT2D eigenvalue weighted by Gasteiger charge is 2.32. The van der Waals surface area contributed by atoms with Gasteiger partial charge in [0.25, 0.3) is 0 Å². The zero-order chi connectivity index (χ0) is 23.4. The van der Waals surface area contributed by atoms with E-state index in [1.807, 2.05) is 16.7 Å². The molecule has 0 aliphatic heterocycles. The van der Waals surface area contributed by atoms with E-state index in [-0.39, 0.29) is 10.2 Å². The standard InChI is InChI=1S/C24H18F3N7/c25-24(26,27)33-13-16(12-30-33)19-8-9-20-23(31-19)34(17-7-6-14-3-1-4-15(14)11-17)22(32-20)18-5-2-10-29-21(18)28/h2,5-13H,1,3-4H2,(H2,28,29). The number of anilines is 1. The number of benzene rings is 1. The topological polar surface area (TPSA) is 87.4 Å². The van der Waals surface area contributed by atoms with Crippen molar-refractivity contribution in [2.24, 2.45) is 0 Å². The third-order valence-corrected chi connectivity index (χ3v) is 6.06. The van der Waals surface area contributed by atoms with Gasteiger partial charge < -0.3 is 5.73 Å². The lowest BCUT2D eigenvalue weighted by atomic mass is 10.1. The summed E-state index contributed by atoms with van der Waals surface area (Å²) < 4.78 is 41.0. The van der Waals surface area contributed by atoms with Gasteiger partial charge in [0.2, 0.25) is 0 Å². The number of aryl methyl sites for hydroxylation is 2. The number of nitrogens with zero attached hydrogens (tertiary/aromatic N) is 6. The molecule has 1 aliphatic rings. The van der Waals surface area contributed by atoms with Gasteiger partial charge in [-0.3, -0.25) is 4.57 Å². The second-order valence-electron chi connectivity index (χ2n) is 8.19. The van der Waals surface area contributed by atoms with Gasteiger partial charge in [-0.15, -0.1) is 13.2 Å². The van der Waals surface area contributed by atoms with Gasteiger partial charge in [0.1, 0.15) is 11.3 Å². The van der Waals surface area contributed by atoms with Gasteiger partial charge in [-0.25, -0.2) is 15.0 Å². The highest BCUT2D eigenvalue weighted by molar-refractivity contribution is 5.84. The number of rotatable bonds is 3. The van der Waals surface area contributed by atoms with Crippen LogP contribution in [0.5, 0.6) is 0 Å². The summed E-state index contributed by atoms with van der Waals surface area (Å²) in [6, 6.07) is 13.2. The van der Waals surface area contributed by atoms with Gasteiger partial charge in [0.15, 0.2) is 11.5 Å². The molecule has 0 spiro atoms. The highest BCUT2D eigenvalue weighted by atomic mass is 19.4. The fourth-order valence-electron chi connectivity index (χ4n) is 4.44. The van der Waals surface area contributed by atoms with E-state index in [1.54, 1.807) is 24.4 Å². The van der Waals surface area contributed by atoms with Gasteiger partial charge in [0, 0.05) is 23.6 Å². The Morgan fingerprint density at radius 2 is 1.82 bits per heavy atom. The largest absolute Gasteiger partial charge is 0.504 e. The van der Waals surface area contributed by atoms with E-state index in [1.165, 1.54) is 11.1 Å². The number of imidazole rings is 1. The molecule has 0 bridgehead atoms. The van der Waals surface area contributed by atoms with Crippen LogP contribution in [0.2, 0.25) is 0 Å². The minimum absolute atomic E-state index is 0.0340. The van der Waals surface area contributed by atoms with Crippen molar-refractivity contribution in [3.8, 4) is 28.3 Å². The summed E-state index contributed by atoms with van der Waals surface area (Å²) >= 11 is 0. The summed E-state index contributed by atoms with van der Waals surface area (Å²) in [5.74, 6) is 0.890. The fraction of sp³-hybridized carbons (Fsp3) is 0.167. The van der Waals surface area contributed by atoms with Crippen LogP contribution in [0.15, 0.2) is 61.1 Å². The van der Waals surface area contributed by atoms with Crippen molar-refractivity contribution in [1.29, 1.82) is 0 Å². The number of nitrogens with two attached hydrogens (primary N) is 1. The SMILES string of the molecule is Nc1ncccc1-c1nc2ccc(-c3cnn(C(F)(F)F)c3)nc2n1-c1ccc2c(c1)CCC2. The number of pyridine rings is 2. The number of hydrogen-bond acceptors (Lipinski definition) is 5. The molecule has 7 nitrogen and oxygen atoms in total. The Bertz CT molecular complexity index is 1550. The first-order chi connectivity index (χ1) is 16.4. The maximum absolute atomic E-state index is 13.0.